The number of carbonyl (C=O) groups is 1. The lowest BCUT2D eigenvalue weighted by molar-refractivity contribution is 0.200. The van der Waals surface area contributed by atoms with Gasteiger partial charge in [-0.05, 0) is 63.1 Å². The van der Waals surface area contributed by atoms with E-state index < -0.39 is 6.09 Å². The highest BCUT2D eigenvalue weighted by molar-refractivity contribution is 5.90. The summed E-state index contributed by atoms with van der Waals surface area (Å²) in [7, 11) is 0. The molecule has 2 aromatic rings. The molecule has 0 spiro atoms. The van der Waals surface area contributed by atoms with Crippen LogP contribution in [0.1, 0.15) is 23.9 Å². The zero-order chi connectivity index (χ0) is 14.4. The number of fused-ring (bicyclic) bond motifs is 1. The minimum Gasteiger partial charge on any atom is -0.465 e. The van der Waals surface area contributed by atoms with E-state index in [0.29, 0.717) is 0 Å². The van der Waals surface area contributed by atoms with Crippen LogP contribution < -0.4 is 4.90 Å². The fourth-order valence-corrected chi connectivity index (χ4v) is 3.12. The van der Waals surface area contributed by atoms with Gasteiger partial charge >= 0.3 is 6.09 Å². The fourth-order valence-electron chi connectivity index (χ4n) is 3.12. The van der Waals surface area contributed by atoms with Crippen LogP contribution in [0.25, 0.3) is 5.69 Å². The van der Waals surface area contributed by atoms with Crippen LogP contribution in [0.3, 0.4) is 0 Å². The summed E-state index contributed by atoms with van der Waals surface area (Å²) in [5, 5.41) is 9.29. The second-order valence-electron chi connectivity index (χ2n) is 5.47. The van der Waals surface area contributed by atoms with E-state index in [4.69, 9.17) is 0 Å². The third-order valence-electron chi connectivity index (χ3n) is 4.01. The predicted octanol–water partition coefficient (Wildman–Crippen LogP) is 3.52. The van der Waals surface area contributed by atoms with Crippen molar-refractivity contribution in [2.75, 3.05) is 4.90 Å². The van der Waals surface area contributed by atoms with Crippen LogP contribution in [-0.2, 0) is 6.42 Å². The minimum atomic E-state index is -0.877. The zero-order valence-electron chi connectivity index (χ0n) is 11.9. The number of aryl methyl sites for hydroxylation is 2. The lowest BCUT2D eigenvalue weighted by atomic mass is 10.1. The van der Waals surface area contributed by atoms with Crippen LogP contribution in [-0.4, -0.2) is 21.8 Å². The van der Waals surface area contributed by atoms with Crippen LogP contribution in [0.4, 0.5) is 10.5 Å². The molecule has 1 N–H and O–H groups in total. The summed E-state index contributed by atoms with van der Waals surface area (Å²) in [5.74, 6) is 0. The number of anilines is 1. The van der Waals surface area contributed by atoms with Gasteiger partial charge in [-0.2, -0.15) is 0 Å². The van der Waals surface area contributed by atoms with Crippen molar-refractivity contribution in [2.24, 2.45) is 0 Å². The van der Waals surface area contributed by atoms with Gasteiger partial charge in [-0.15, -0.1) is 0 Å². The van der Waals surface area contributed by atoms with Gasteiger partial charge in [0.15, 0.2) is 0 Å². The third-order valence-corrected chi connectivity index (χ3v) is 4.01. The van der Waals surface area contributed by atoms with Crippen LogP contribution >= 0.6 is 0 Å². The van der Waals surface area contributed by atoms with E-state index in [9.17, 15) is 9.90 Å². The predicted molar refractivity (Wildman–Crippen MR) is 78.9 cm³/mol. The summed E-state index contributed by atoms with van der Waals surface area (Å²) in [6.45, 7) is 6.10. The quantitative estimate of drug-likeness (QED) is 0.861. The molecule has 0 saturated carbocycles. The Morgan fingerprint density at radius 3 is 2.45 bits per heavy atom. The van der Waals surface area contributed by atoms with Crippen molar-refractivity contribution in [1.29, 1.82) is 0 Å². The smallest absolute Gasteiger partial charge is 0.412 e. The van der Waals surface area contributed by atoms with Crippen molar-refractivity contribution in [3.8, 4) is 5.69 Å². The molecular formula is C16H18N2O2. The topological polar surface area (TPSA) is 45.5 Å². The summed E-state index contributed by atoms with van der Waals surface area (Å²) in [6.07, 6.45) is -0.105. The largest absolute Gasteiger partial charge is 0.465 e. The Kier molecular flexibility index (Phi) is 2.82. The number of hydrogen-bond acceptors (Lipinski definition) is 1. The Morgan fingerprint density at radius 1 is 1.20 bits per heavy atom. The standard InChI is InChI=1S/C16H18N2O2/c1-10-4-5-11(2)17(10)14-6-7-15-13(9-14)8-12(3)18(15)16(19)20/h4-7,9,12H,8H2,1-3H3,(H,19,20)/t12-/m1/s1. The Hall–Kier alpha value is -2.23. The first-order valence-electron chi connectivity index (χ1n) is 6.79. The minimum absolute atomic E-state index is 0.00426. The first kappa shape index (κ1) is 12.8. The molecule has 0 aliphatic carbocycles. The van der Waals surface area contributed by atoms with Crippen molar-refractivity contribution >= 4 is 11.8 Å². The summed E-state index contributed by atoms with van der Waals surface area (Å²) in [5.41, 5.74) is 5.39. The van der Waals surface area contributed by atoms with Gasteiger partial charge in [0.1, 0.15) is 0 Å². The summed E-state index contributed by atoms with van der Waals surface area (Å²) in [4.78, 5) is 12.8. The van der Waals surface area contributed by atoms with E-state index >= 15 is 0 Å². The van der Waals surface area contributed by atoms with Gasteiger partial charge < -0.3 is 9.67 Å². The van der Waals surface area contributed by atoms with E-state index in [0.717, 1.165) is 23.4 Å². The van der Waals surface area contributed by atoms with Crippen molar-refractivity contribution in [1.82, 2.24) is 4.57 Å². The first-order chi connectivity index (χ1) is 9.49. The van der Waals surface area contributed by atoms with Crippen molar-refractivity contribution < 1.29 is 9.90 Å². The van der Waals surface area contributed by atoms with Crippen LogP contribution in [0.5, 0.6) is 0 Å². The molecule has 1 aliphatic heterocycles. The van der Waals surface area contributed by atoms with Gasteiger partial charge in [0.05, 0.1) is 5.69 Å². The molecule has 2 heterocycles. The lowest BCUT2D eigenvalue weighted by Gasteiger charge is -2.18. The molecule has 104 valence electrons. The highest BCUT2D eigenvalue weighted by Gasteiger charge is 2.30. The summed E-state index contributed by atoms with van der Waals surface area (Å²) in [6, 6.07) is 10.2. The van der Waals surface area contributed by atoms with E-state index in [1.807, 2.05) is 19.1 Å². The molecular weight excluding hydrogens is 252 g/mol. The third kappa shape index (κ3) is 1.80. The van der Waals surface area contributed by atoms with Gasteiger partial charge in [-0.25, -0.2) is 4.79 Å². The van der Waals surface area contributed by atoms with Gasteiger partial charge in [-0.1, -0.05) is 0 Å². The zero-order valence-corrected chi connectivity index (χ0v) is 11.9. The molecule has 0 bridgehead atoms. The molecule has 3 rings (SSSR count). The number of rotatable bonds is 1. The van der Waals surface area contributed by atoms with Crippen LogP contribution in [0.15, 0.2) is 30.3 Å². The normalized spacial score (nSPS) is 17.4. The molecule has 1 amide bonds. The average Bonchev–Trinajstić information content (AvgIpc) is 2.87. The Morgan fingerprint density at radius 2 is 1.85 bits per heavy atom. The molecule has 4 nitrogen and oxygen atoms in total. The molecule has 1 atom stereocenters. The number of nitrogens with zero attached hydrogens (tertiary/aromatic N) is 2. The fraction of sp³-hybridized carbons (Fsp3) is 0.312. The number of benzene rings is 1. The Labute approximate surface area is 118 Å². The maximum atomic E-state index is 11.3. The highest BCUT2D eigenvalue weighted by Crippen LogP contribution is 2.34. The maximum Gasteiger partial charge on any atom is 0.412 e. The number of hydrogen-bond donors (Lipinski definition) is 1. The highest BCUT2D eigenvalue weighted by atomic mass is 16.4. The lowest BCUT2D eigenvalue weighted by Crippen LogP contribution is -2.34. The number of aromatic nitrogens is 1. The van der Waals surface area contributed by atoms with E-state index in [1.165, 1.54) is 16.3 Å². The second kappa shape index (κ2) is 4.40. The van der Waals surface area contributed by atoms with Gasteiger partial charge in [-0.3, -0.25) is 4.90 Å². The molecule has 1 aromatic heterocycles. The molecule has 4 heteroatoms. The van der Waals surface area contributed by atoms with Crippen molar-refractivity contribution in [2.45, 2.75) is 33.2 Å². The molecule has 0 unspecified atom stereocenters. The molecule has 0 saturated heterocycles. The van der Waals surface area contributed by atoms with E-state index in [1.54, 1.807) is 0 Å². The number of amides is 1. The Bertz CT molecular complexity index is 668. The van der Waals surface area contributed by atoms with Crippen molar-refractivity contribution in [3.05, 3.63) is 47.3 Å². The van der Waals surface area contributed by atoms with E-state index in [2.05, 4.69) is 36.6 Å². The Balaban J connectivity index is 2.09. The van der Waals surface area contributed by atoms with Crippen LogP contribution in [0.2, 0.25) is 0 Å². The molecule has 0 radical (unpaired) electrons. The van der Waals surface area contributed by atoms with Crippen molar-refractivity contribution in [3.63, 3.8) is 0 Å². The SMILES string of the molecule is Cc1ccc(C)n1-c1ccc2c(c1)C[C@@H](C)N2C(=O)O. The monoisotopic (exact) mass is 270 g/mol. The van der Waals surface area contributed by atoms with E-state index in [-0.39, 0.29) is 6.04 Å². The summed E-state index contributed by atoms with van der Waals surface area (Å²) >= 11 is 0. The molecule has 20 heavy (non-hydrogen) atoms. The number of carboxylic acid groups (broad SMARTS) is 1. The molecule has 1 aromatic carbocycles. The molecule has 0 fully saturated rings. The molecule has 1 aliphatic rings. The van der Waals surface area contributed by atoms with Gasteiger partial charge in [0.25, 0.3) is 0 Å². The average molecular weight is 270 g/mol. The van der Waals surface area contributed by atoms with Crippen LogP contribution in [0, 0.1) is 13.8 Å². The second-order valence-corrected chi connectivity index (χ2v) is 5.47. The maximum absolute atomic E-state index is 11.3. The first-order valence-corrected chi connectivity index (χ1v) is 6.79. The summed E-state index contributed by atoms with van der Waals surface area (Å²) < 4.78 is 2.19. The van der Waals surface area contributed by atoms with Gasteiger partial charge in [0.2, 0.25) is 0 Å². The van der Waals surface area contributed by atoms with Gasteiger partial charge in [0, 0.05) is 23.1 Å².